The van der Waals surface area contributed by atoms with Gasteiger partial charge in [-0.3, -0.25) is 4.90 Å². The third kappa shape index (κ3) is 4.56. The van der Waals surface area contributed by atoms with Crippen LogP contribution in [-0.4, -0.2) is 29.2 Å². The Hall–Kier alpha value is -1.89. The summed E-state index contributed by atoms with van der Waals surface area (Å²) in [5.41, 5.74) is 0.0922. The maximum absolute atomic E-state index is 12.2. The van der Waals surface area contributed by atoms with E-state index in [4.69, 9.17) is 15.9 Å². The predicted octanol–water partition coefficient (Wildman–Crippen LogP) is 3.60. The van der Waals surface area contributed by atoms with Gasteiger partial charge in [0.15, 0.2) is 0 Å². The molecule has 4 nitrogen and oxygen atoms in total. The summed E-state index contributed by atoms with van der Waals surface area (Å²) in [7, 11) is 0. The Kier molecular flexibility index (Phi) is 4.62. The Bertz CT molecular complexity index is 499. The molecule has 0 unspecified atom stereocenters. The van der Waals surface area contributed by atoms with E-state index in [0.717, 1.165) is 18.6 Å². The second-order valence-electron chi connectivity index (χ2n) is 6.47. The minimum Gasteiger partial charge on any atom is -0.493 e. The second-order valence-corrected chi connectivity index (χ2v) is 6.47. The van der Waals surface area contributed by atoms with E-state index in [1.807, 2.05) is 26.8 Å². The van der Waals surface area contributed by atoms with Gasteiger partial charge in [0.1, 0.15) is 11.4 Å². The van der Waals surface area contributed by atoms with Crippen molar-refractivity contribution in [3.63, 3.8) is 0 Å². The van der Waals surface area contributed by atoms with Gasteiger partial charge in [-0.2, -0.15) is 0 Å². The molecule has 1 fully saturated rings. The van der Waals surface area contributed by atoms with Crippen molar-refractivity contribution < 1.29 is 14.3 Å². The number of hydrogen-bond acceptors (Lipinski definition) is 3. The zero-order valence-electron chi connectivity index (χ0n) is 13.0. The number of nitrogens with zero attached hydrogens (tertiary/aromatic N) is 1. The zero-order valence-corrected chi connectivity index (χ0v) is 13.0. The van der Waals surface area contributed by atoms with E-state index < -0.39 is 11.7 Å². The highest BCUT2D eigenvalue weighted by molar-refractivity contribution is 5.71. The minimum atomic E-state index is -0.533. The van der Waals surface area contributed by atoms with Gasteiger partial charge in [0.25, 0.3) is 0 Å². The quantitative estimate of drug-likeness (QED) is 0.729. The molecule has 4 heteroatoms. The largest absolute Gasteiger partial charge is 0.493 e. The molecule has 2 rings (SSSR count). The zero-order chi connectivity index (χ0) is 15.5. The molecule has 1 amide bonds. The monoisotopic (exact) mass is 289 g/mol. The van der Waals surface area contributed by atoms with Crippen LogP contribution in [0.25, 0.3) is 0 Å². The first-order valence-corrected chi connectivity index (χ1v) is 7.42. The highest BCUT2D eigenvalue weighted by atomic mass is 16.6. The molecule has 2 aliphatic rings. The van der Waals surface area contributed by atoms with Crippen LogP contribution in [0.2, 0.25) is 0 Å². The predicted molar refractivity (Wildman–Crippen MR) is 81.3 cm³/mol. The third-order valence-corrected chi connectivity index (χ3v) is 3.35. The molecule has 1 saturated carbocycles. The molecule has 0 N–H and O–H groups in total. The van der Waals surface area contributed by atoms with Crippen molar-refractivity contribution in [3.8, 4) is 12.3 Å². The van der Waals surface area contributed by atoms with Crippen molar-refractivity contribution in [2.75, 3.05) is 6.54 Å². The van der Waals surface area contributed by atoms with Crippen LogP contribution in [0.1, 0.15) is 46.5 Å². The molecule has 21 heavy (non-hydrogen) atoms. The number of carbonyl (C=O) groups is 1. The highest BCUT2D eigenvalue weighted by Crippen LogP contribution is 2.26. The molecule has 0 spiro atoms. The van der Waals surface area contributed by atoms with Gasteiger partial charge < -0.3 is 9.47 Å². The Morgan fingerprint density at radius 3 is 2.62 bits per heavy atom. The maximum Gasteiger partial charge on any atom is 0.414 e. The molecule has 1 heterocycles. The summed E-state index contributed by atoms with van der Waals surface area (Å²) in [5.74, 6) is 3.30. The number of carbonyl (C=O) groups excluding carboxylic acids is 1. The summed E-state index contributed by atoms with van der Waals surface area (Å²) in [6.45, 7) is 5.89. The number of rotatable bonds is 2. The third-order valence-electron chi connectivity index (χ3n) is 3.35. The van der Waals surface area contributed by atoms with E-state index in [0.29, 0.717) is 12.1 Å². The van der Waals surface area contributed by atoms with Crippen LogP contribution in [0.3, 0.4) is 0 Å². The van der Waals surface area contributed by atoms with Crippen LogP contribution in [0.5, 0.6) is 0 Å². The molecular formula is C17H23NO3. The average molecular weight is 289 g/mol. The average Bonchev–Trinajstić information content (AvgIpc) is 2.89. The van der Waals surface area contributed by atoms with Gasteiger partial charge in [-0.15, -0.1) is 6.42 Å². The van der Waals surface area contributed by atoms with Crippen molar-refractivity contribution in [2.45, 2.75) is 58.2 Å². The molecule has 0 aromatic carbocycles. The summed E-state index contributed by atoms with van der Waals surface area (Å²) >= 11 is 0. The molecule has 114 valence electrons. The molecule has 0 radical (unpaired) electrons. The first-order chi connectivity index (χ1) is 9.87. The van der Waals surface area contributed by atoms with Crippen molar-refractivity contribution in [2.24, 2.45) is 0 Å². The minimum absolute atomic E-state index is 0.244. The lowest BCUT2D eigenvalue weighted by atomic mass is 10.2. The van der Waals surface area contributed by atoms with Crippen molar-refractivity contribution in [1.82, 2.24) is 4.90 Å². The fourth-order valence-electron chi connectivity index (χ4n) is 2.45. The fourth-order valence-corrected chi connectivity index (χ4v) is 2.45. The Morgan fingerprint density at radius 1 is 1.38 bits per heavy atom. The first kappa shape index (κ1) is 15.5. The lowest BCUT2D eigenvalue weighted by Crippen LogP contribution is -2.36. The SMILES string of the molecule is C#CC1=CN(C(=O)OC(C)(C)C)CC(OC2CCCC2)=C1. The molecule has 0 atom stereocenters. The molecule has 1 aliphatic carbocycles. The molecule has 0 saturated heterocycles. The van der Waals surface area contributed by atoms with Crippen LogP contribution < -0.4 is 0 Å². The first-order valence-electron chi connectivity index (χ1n) is 7.42. The number of ether oxygens (including phenoxy) is 2. The van der Waals surface area contributed by atoms with E-state index in [9.17, 15) is 4.79 Å². The Labute approximate surface area is 126 Å². The molecule has 0 aromatic rings. The van der Waals surface area contributed by atoms with Gasteiger partial charge in [0, 0.05) is 11.8 Å². The lowest BCUT2D eigenvalue weighted by molar-refractivity contribution is 0.0292. The van der Waals surface area contributed by atoms with E-state index in [2.05, 4.69) is 5.92 Å². The fraction of sp³-hybridized carbons (Fsp3) is 0.588. The number of allylic oxidation sites excluding steroid dienone is 2. The van der Waals surface area contributed by atoms with Crippen molar-refractivity contribution in [3.05, 3.63) is 23.6 Å². The van der Waals surface area contributed by atoms with Crippen LogP contribution in [-0.2, 0) is 9.47 Å². The maximum atomic E-state index is 12.2. The molecule has 1 aliphatic heterocycles. The van der Waals surface area contributed by atoms with Crippen LogP contribution in [0.4, 0.5) is 4.79 Å². The van der Waals surface area contributed by atoms with Gasteiger partial charge in [-0.05, 0) is 52.5 Å². The molecule has 0 aromatic heterocycles. The van der Waals surface area contributed by atoms with Crippen LogP contribution in [0.15, 0.2) is 23.6 Å². The summed E-state index contributed by atoms with van der Waals surface area (Å²) in [6, 6.07) is 0. The standard InChI is InChI=1S/C17H23NO3/c1-5-13-10-15(20-14-8-6-7-9-14)12-18(11-13)16(19)21-17(2,3)4/h1,10-11,14H,6-9,12H2,2-4H3. The number of amides is 1. The number of hydrogen-bond donors (Lipinski definition) is 0. The summed E-state index contributed by atoms with van der Waals surface area (Å²) in [5, 5.41) is 0. The topological polar surface area (TPSA) is 38.8 Å². The smallest absolute Gasteiger partial charge is 0.414 e. The van der Waals surface area contributed by atoms with Crippen molar-refractivity contribution >= 4 is 6.09 Å². The normalized spacial score (nSPS) is 19.6. The highest BCUT2D eigenvalue weighted by Gasteiger charge is 2.26. The second kappa shape index (κ2) is 6.26. The van der Waals surface area contributed by atoms with Gasteiger partial charge in [0.2, 0.25) is 0 Å². The van der Waals surface area contributed by atoms with Crippen LogP contribution >= 0.6 is 0 Å². The van der Waals surface area contributed by atoms with Gasteiger partial charge in [-0.1, -0.05) is 5.92 Å². The van der Waals surface area contributed by atoms with Gasteiger partial charge >= 0.3 is 6.09 Å². The van der Waals surface area contributed by atoms with E-state index >= 15 is 0 Å². The lowest BCUT2D eigenvalue weighted by Gasteiger charge is -2.29. The van der Waals surface area contributed by atoms with E-state index in [1.165, 1.54) is 17.7 Å². The van der Waals surface area contributed by atoms with E-state index in [1.54, 1.807) is 6.20 Å². The Morgan fingerprint density at radius 2 is 2.05 bits per heavy atom. The van der Waals surface area contributed by atoms with Gasteiger partial charge in [0.05, 0.1) is 12.6 Å². The van der Waals surface area contributed by atoms with E-state index in [-0.39, 0.29) is 6.10 Å². The van der Waals surface area contributed by atoms with Gasteiger partial charge in [-0.25, -0.2) is 4.79 Å². The summed E-state index contributed by atoms with van der Waals surface area (Å²) in [4.78, 5) is 13.6. The number of terminal acetylenes is 1. The van der Waals surface area contributed by atoms with Crippen molar-refractivity contribution in [1.29, 1.82) is 0 Å². The molecular weight excluding hydrogens is 266 g/mol. The Balaban J connectivity index is 2.05. The summed E-state index contributed by atoms with van der Waals surface area (Å²) in [6.07, 6.45) is 13.3. The molecule has 0 bridgehead atoms. The summed E-state index contributed by atoms with van der Waals surface area (Å²) < 4.78 is 11.3. The van der Waals surface area contributed by atoms with Crippen LogP contribution in [0, 0.1) is 12.3 Å².